The van der Waals surface area contributed by atoms with Crippen molar-refractivity contribution in [2.45, 2.75) is 32.4 Å². The van der Waals surface area contributed by atoms with Gasteiger partial charge in [-0.3, -0.25) is 0 Å². The van der Waals surface area contributed by atoms with Crippen molar-refractivity contribution < 1.29 is 4.74 Å². The summed E-state index contributed by atoms with van der Waals surface area (Å²) in [5, 5.41) is 0. The number of hydrogen-bond acceptors (Lipinski definition) is 3. The van der Waals surface area contributed by atoms with Crippen LogP contribution in [0.25, 0.3) is 0 Å². The van der Waals surface area contributed by atoms with E-state index < -0.39 is 0 Å². The Kier molecular flexibility index (Phi) is 4.10. The molecule has 1 aromatic heterocycles. The lowest BCUT2D eigenvalue weighted by Crippen LogP contribution is -2.18. The molecular weight excluding hydrogens is 178 g/mol. The molecule has 0 bridgehead atoms. The van der Waals surface area contributed by atoms with Crippen molar-refractivity contribution in [3.63, 3.8) is 0 Å². The minimum absolute atomic E-state index is 0.0665. The Bertz CT molecular complexity index is 272. The predicted octanol–water partition coefficient (Wildman–Crippen LogP) is 1.50. The first kappa shape index (κ1) is 11.2. The van der Waals surface area contributed by atoms with Crippen LogP contribution in [0.1, 0.15) is 38.0 Å². The van der Waals surface area contributed by atoms with Crippen molar-refractivity contribution in [3.8, 4) is 0 Å². The molecule has 0 aliphatic heterocycles. The lowest BCUT2D eigenvalue weighted by molar-refractivity contribution is 0.160. The molecule has 1 rings (SSSR count). The van der Waals surface area contributed by atoms with Crippen molar-refractivity contribution in [2.75, 3.05) is 13.7 Å². The molecular formula is C10H19N3O. The summed E-state index contributed by atoms with van der Waals surface area (Å²) in [6, 6.07) is 0.354. The Morgan fingerprint density at radius 1 is 1.64 bits per heavy atom. The first-order valence-electron chi connectivity index (χ1n) is 4.96. The van der Waals surface area contributed by atoms with Gasteiger partial charge in [-0.05, 0) is 13.3 Å². The summed E-state index contributed by atoms with van der Waals surface area (Å²) >= 11 is 0. The lowest BCUT2D eigenvalue weighted by atomic mass is 10.1. The number of aromatic nitrogens is 2. The lowest BCUT2D eigenvalue weighted by Gasteiger charge is -2.18. The van der Waals surface area contributed by atoms with Crippen molar-refractivity contribution >= 4 is 0 Å². The average Bonchev–Trinajstić information content (AvgIpc) is 2.65. The smallest absolute Gasteiger partial charge is 0.0952 e. The van der Waals surface area contributed by atoms with Crippen LogP contribution in [0.5, 0.6) is 0 Å². The summed E-state index contributed by atoms with van der Waals surface area (Å²) in [5.74, 6) is 0. The SMILES string of the molecule is CC[C@@H](N)c1cncn1C(C)COC. The van der Waals surface area contributed by atoms with E-state index in [0.717, 1.165) is 12.1 Å². The Morgan fingerprint density at radius 3 is 2.93 bits per heavy atom. The molecule has 0 aromatic carbocycles. The first-order valence-corrected chi connectivity index (χ1v) is 4.96. The molecule has 1 heterocycles. The van der Waals surface area contributed by atoms with Crippen molar-refractivity contribution in [3.05, 3.63) is 18.2 Å². The van der Waals surface area contributed by atoms with E-state index in [9.17, 15) is 0 Å². The molecule has 0 amide bonds. The van der Waals surface area contributed by atoms with Crippen LogP contribution in [0.15, 0.2) is 12.5 Å². The Morgan fingerprint density at radius 2 is 2.36 bits per heavy atom. The van der Waals surface area contributed by atoms with Gasteiger partial charge in [0.05, 0.1) is 24.7 Å². The van der Waals surface area contributed by atoms with Crippen molar-refractivity contribution in [1.29, 1.82) is 0 Å². The molecule has 14 heavy (non-hydrogen) atoms. The van der Waals surface area contributed by atoms with E-state index >= 15 is 0 Å². The van der Waals surface area contributed by atoms with Gasteiger partial charge in [-0.15, -0.1) is 0 Å². The Balaban J connectivity index is 2.81. The van der Waals surface area contributed by atoms with E-state index in [0.29, 0.717) is 6.61 Å². The minimum atomic E-state index is 0.0665. The number of rotatable bonds is 5. The molecule has 0 spiro atoms. The van der Waals surface area contributed by atoms with Gasteiger partial charge < -0.3 is 15.0 Å². The Labute approximate surface area is 85.1 Å². The molecule has 1 aromatic rings. The van der Waals surface area contributed by atoms with Gasteiger partial charge in [-0.2, -0.15) is 0 Å². The normalized spacial score (nSPS) is 15.4. The highest BCUT2D eigenvalue weighted by atomic mass is 16.5. The molecule has 1 unspecified atom stereocenters. The fourth-order valence-electron chi connectivity index (χ4n) is 1.50. The second-order valence-corrected chi connectivity index (χ2v) is 3.54. The largest absolute Gasteiger partial charge is 0.383 e. The number of imidazole rings is 1. The molecule has 2 N–H and O–H groups in total. The third-order valence-corrected chi connectivity index (χ3v) is 2.40. The molecule has 2 atom stereocenters. The number of nitrogens with two attached hydrogens (primary N) is 1. The van der Waals surface area contributed by atoms with Crippen molar-refractivity contribution in [1.82, 2.24) is 9.55 Å². The maximum atomic E-state index is 5.97. The summed E-state index contributed by atoms with van der Waals surface area (Å²) < 4.78 is 7.19. The van der Waals surface area contributed by atoms with Gasteiger partial charge in [0, 0.05) is 19.3 Å². The van der Waals surface area contributed by atoms with Crippen LogP contribution in [0, 0.1) is 0 Å². The summed E-state index contributed by atoms with van der Waals surface area (Å²) in [5.41, 5.74) is 7.05. The highest BCUT2D eigenvalue weighted by molar-refractivity contribution is 5.05. The molecule has 0 fully saturated rings. The Hall–Kier alpha value is -0.870. The minimum Gasteiger partial charge on any atom is -0.383 e. The summed E-state index contributed by atoms with van der Waals surface area (Å²) in [6.45, 7) is 4.85. The number of hydrogen-bond donors (Lipinski definition) is 1. The van der Waals surface area contributed by atoms with Gasteiger partial charge in [0.15, 0.2) is 0 Å². The molecule has 0 aliphatic rings. The van der Waals surface area contributed by atoms with Crippen LogP contribution in [0.2, 0.25) is 0 Å². The number of methoxy groups -OCH3 is 1. The van der Waals surface area contributed by atoms with Gasteiger partial charge in [-0.1, -0.05) is 6.92 Å². The van der Waals surface area contributed by atoms with Crippen LogP contribution in [-0.4, -0.2) is 23.3 Å². The average molecular weight is 197 g/mol. The summed E-state index contributed by atoms with van der Waals surface area (Å²) in [6.07, 6.45) is 4.57. The van der Waals surface area contributed by atoms with Crippen LogP contribution < -0.4 is 5.73 Å². The van der Waals surface area contributed by atoms with Crippen LogP contribution >= 0.6 is 0 Å². The summed E-state index contributed by atoms with van der Waals surface area (Å²) in [7, 11) is 1.70. The zero-order valence-electron chi connectivity index (χ0n) is 9.10. The maximum absolute atomic E-state index is 5.97. The molecule has 4 nitrogen and oxygen atoms in total. The van der Waals surface area contributed by atoms with E-state index in [1.165, 1.54) is 0 Å². The van der Waals surface area contributed by atoms with Gasteiger partial charge in [-0.25, -0.2) is 4.98 Å². The molecule has 0 radical (unpaired) electrons. The quantitative estimate of drug-likeness (QED) is 0.778. The van der Waals surface area contributed by atoms with Gasteiger partial charge >= 0.3 is 0 Å². The van der Waals surface area contributed by atoms with Crippen LogP contribution in [-0.2, 0) is 4.74 Å². The van der Waals surface area contributed by atoms with E-state index in [1.54, 1.807) is 7.11 Å². The topological polar surface area (TPSA) is 53.1 Å². The highest BCUT2D eigenvalue weighted by Gasteiger charge is 2.13. The third kappa shape index (κ3) is 2.33. The zero-order chi connectivity index (χ0) is 10.6. The van der Waals surface area contributed by atoms with E-state index in [4.69, 9.17) is 10.5 Å². The highest BCUT2D eigenvalue weighted by Crippen LogP contribution is 2.17. The fourth-order valence-corrected chi connectivity index (χ4v) is 1.50. The first-order chi connectivity index (χ1) is 6.70. The van der Waals surface area contributed by atoms with E-state index in [-0.39, 0.29) is 12.1 Å². The molecule has 0 saturated carbocycles. The molecule has 0 aliphatic carbocycles. The summed E-state index contributed by atoms with van der Waals surface area (Å²) in [4.78, 5) is 4.12. The third-order valence-electron chi connectivity index (χ3n) is 2.40. The maximum Gasteiger partial charge on any atom is 0.0952 e. The van der Waals surface area contributed by atoms with Gasteiger partial charge in [0.2, 0.25) is 0 Å². The zero-order valence-corrected chi connectivity index (χ0v) is 9.10. The van der Waals surface area contributed by atoms with Gasteiger partial charge in [0.25, 0.3) is 0 Å². The van der Waals surface area contributed by atoms with Crippen molar-refractivity contribution in [2.24, 2.45) is 5.73 Å². The molecule has 0 saturated heterocycles. The van der Waals surface area contributed by atoms with E-state index in [2.05, 4.69) is 23.4 Å². The number of ether oxygens (including phenoxy) is 1. The second kappa shape index (κ2) is 5.12. The van der Waals surface area contributed by atoms with Gasteiger partial charge in [0.1, 0.15) is 0 Å². The van der Waals surface area contributed by atoms with Crippen LogP contribution in [0.3, 0.4) is 0 Å². The molecule has 80 valence electrons. The number of nitrogens with zero attached hydrogens (tertiary/aromatic N) is 2. The molecule has 4 heteroatoms. The second-order valence-electron chi connectivity index (χ2n) is 3.54. The monoisotopic (exact) mass is 197 g/mol. The van der Waals surface area contributed by atoms with Crippen LogP contribution in [0.4, 0.5) is 0 Å². The van der Waals surface area contributed by atoms with E-state index in [1.807, 2.05) is 12.5 Å². The fraction of sp³-hybridized carbons (Fsp3) is 0.700. The standard InChI is InChI=1S/C10H19N3O/c1-4-9(11)10-5-12-7-13(10)8(2)6-14-3/h5,7-9H,4,6,11H2,1-3H3/t8?,9-/m1/s1. The predicted molar refractivity (Wildman–Crippen MR) is 56.0 cm³/mol.